The highest BCUT2D eigenvalue weighted by atomic mass is 35.5. The molecule has 0 aromatic heterocycles. The number of rotatable bonds is 5. The predicted molar refractivity (Wildman–Crippen MR) is 89.2 cm³/mol. The number of nitro benzene ring substituents is 1. The number of piperidine rings is 1. The van der Waals surface area contributed by atoms with E-state index in [1.54, 1.807) is 0 Å². The van der Waals surface area contributed by atoms with Crippen molar-refractivity contribution in [2.24, 2.45) is 11.1 Å². The van der Waals surface area contributed by atoms with Gasteiger partial charge in [0.25, 0.3) is 15.9 Å². The number of benzene rings is 1. The largest absolute Gasteiger partial charge is 0.369 e. The molecule has 23 heavy (non-hydrogen) atoms. The molecule has 2 rings (SSSR count). The normalized spacial score (nSPS) is 18.9. The van der Waals surface area contributed by atoms with Gasteiger partial charge in [-0.1, -0.05) is 23.2 Å². The fourth-order valence-corrected chi connectivity index (χ4v) is 3.81. The fraction of sp³-hybridized carbons (Fsp3) is 0.500. The summed E-state index contributed by atoms with van der Waals surface area (Å²) in [6.45, 7) is 1.43. The molecule has 1 saturated heterocycles. The lowest BCUT2D eigenvalue weighted by atomic mass is 9.98. The summed E-state index contributed by atoms with van der Waals surface area (Å²) in [6.07, 6.45) is 1.65. The van der Waals surface area contributed by atoms with Crippen LogP contribution in [0, 0.1) is 16.0 Å². The van der Waals surface area contributed by atoms with Crippen molar-refractivity contribution in [2.75, 3.05) is 24.5 Å². The minimum atomic E-state index is -3.73. The van der Waals surface area contributed by atoms with Crippen LogP contribution in [0.4, 0.5) is 11.4 Å². The van der Waals surface area contributed by atoms with Gasteiger partial charge in [-0.15, -0.1) is 0 Å². The van der Waals surface area contributed by atoms with E-state index < -0.39 is 15.1 Å². The molecule has 0 amide bonds. The van der Waals surface area contributed by atoms with Gasteiger partial charge in [0.15, 0.2) is 0 Å². The maximum absolute atomic E-state index is 11.0. The molecule has 1 atom stereocenters. The predicted octanol–water partition coefficient (Wildman–Crippen LogP) is 1.91. The number of nitrogens with one attached hydrogen (secondary N) is 1. The van der Waals surface area contributed by atoms with Crippen LogP contribution in [0.15, 0.2) is 12.1 Å². The molecule has 0 bridgehead atoms. The lowest BCUT2D eigenvalue weighted by Gasteiger charge is -2.35. The van der Waals surface area contributed by atoms with Crippen LogP contribution in [-0.4, -0.2) is 33.0 Å². The first kappa shape index (κ1) is 18.2. The van der Waals surface area contributed by atoms with Crippen molar-refractivity contribution in [3.63, 3.8) is 0 Å². The lowest BCUT2D eigenvalue weighted by molar-refractivity contribution is -0.384. The van der Waals surface area contributed by atoms with Crippen LogP contribution < -0.4 is 14.8 Å². The van der Waals surface area contributed by atoms with Crippen LogP contribution in [0.5, 0.6) is 0 Å². The number of hydrogen-bond donors (Lipinski definition) is 2. The molecule has 1 fully saturated rings. The first-order valence-corrected chi connectivity index (χ1v) is 9.13. The van der Waals surface area contributed by atoms with E-state index >= 15 is 0 Å². The van der Waals surface area contributed by atoms with Crippen LogP contribution in [-0.2, 0) is 10.2 Å². The molecule has 0 aliphatic carbocycles. The number of nitro groups is 1. The van der Waals surface area contributed by atoms with E-state index in [0.29, 0.717) is 18.8 Å². The van der Waals surface area contributed by atoms with Gasteiger partial charge in [-0.2, -0.15) is 8.42 Å². The Morgan fingerprint density at radius 1 is 1.39 bits per heavy atom. The zero-order valence-corrected chi connectivity index (χ0v) is 14.4. The number of hydrogen-bond acceptors (Lipinski definition) is 5. The Bertz CT molecular complexity index is 690. The third kappa shape index (κ3) is 4.92. The van der Waals surface area contributed by atoms with E-state index in [9.17, 15) is 18.5 Å². The van der Waals surface area contributed by atoms with E-state index in [1.165, 1.54) is 12.1 Å². The van der Waals surface area contributed by atoms with Crippen LogP contribution >= 0.6 is 23.2 Å². The first-order valence-electron chi connectivity index (χ1n) is 6.83. The molecule has 128 valence electrons. The zero-order valence-electron chi connectivity index (χ0n) is 12.0. The van der Waals surface area contributed by atoms with Crippen molar-refractivity contribution >= 4 is 44.8 Å². The Kier molecular flexibility index (Phi) is 5.69. The van der Waals surface area contributed by atoms with E-state index in [4.69, 9.17) is 28.3 Å². The second-order valence-corrected chi connectivity index (χ2v) is 7.56. The summed E-state index contributed by atoms with van der Waals surface area (Å²) in [5.41, 5.74) is 0.354. The van der Waals surface area contributed by atoms with Gasteiger partial charge in [0, 0.05) is 31.8 Å². The summed E-state index contributed by atoms with van der Waals surface area (Å²) >= 11 is 12.3. The monoisotopic (exact) mass is 382 g/mol. The number of nitrogens with two attached hydrogens (primary N) is 1. The SMILES string of the molecule is NS(=O)(=O)NCC1CCCN(c2c(Cl)cc([N+](=O)[O-])cc2Cl)C1. The Balaban J connectivity index is 2.17. The lowest BCUT2D eigenvalue weighted by Crippen LogP contribution is -2.42. The molecule has 1 aromatic rings. The van der Waals surface area contributed by atoms with Crippen molar-refractivity contribution in [1.29, 1.82) is 0 Å². The molecule has 0 saturated carbocycles. The van der Waals surface area contributed by atoms with Crippen LogP contribution in [0.25, 0.3) is 0 Å². The van der Waals surface area contributed by atoms with E-state index in [2.05, 4.69) is 4.72 Å². The molecular formula is C12H16Cl2N4O4S. The van der Waals surface area contributed by atoms with E-state index in [-0.39, 0.29) is 28.2 Å². The quantitative estimate of drug-likeness (QED) is 0.595. The van der Waals surface area contributed by atoms with Gasteiger partial charge in [-0.05, 0) is 18.8 Å². The summed E-state index contributed by atoms with van der Waals surface area (Å²) in [4.78, 5) is 12.2. The number of non-ortho nitro benzene ring substituents is 1. The molecule has 8 nitrogen and oxygen atoms in total. The summed E-state index contributed by atoms with van der Waals surface area (Å²) in [5.74, 6) is 0.0457. The van der Waals surface area contributed by atoms with E-state index in [1.807, 2.05) is 4.90 Å². The molecule has 3 N–H and O–H groups in total. The van der Waals surface area contributed by atoms with Crippen LogP contribution in [0.3, 0.4) is 0 Å². The average molecular weight is 383 g/mol. The number of nitrogens with zero attached hydrogens (tertiary/aromatic N) is 2. The van der Waals surface area contributed by atoms with Gasteiger partial charge >= 0.3 is 0 Å². The fourth-order valence-electron chi connectivity index (χ4n) is 2.63. The third-order valence-electron chi connectivity index (χ3n) is 3.62. The standard InChI is InChI=1S/C12H16Cl2N4O4S/c13-10-4-9(18(19)20)5-11(14)12(10)17-3-1-2-8(7-17)6-16-23(15,21)22/h4-5,8,16H,1-3,6-7H2,(H2,15,21,22). The Labute approximate surface area is 143 Å². The molecule has 11 heteroatoms. The second kappa shape index (κ2) is 7.18. The Morgan fingerprint density at radius 3 is 2.52 bits per heavy atom. The van der Waals surface area contributed by atoms with Gasteiger partial charge in [0.1, 0.15) is 0 Å². The van der Waals surface area contributed by atoms with E-state index in [0.717, 1.165) is 12.8 Å². The topological polar surface area (TPSA) is 119 Å². The van der Waals surface area contributed by atoms with Gasteiger partial charge in [-0.3, -0.25) is 10.1 Å². The first-order chi connectivity index (χ1) is 10.7. The second-order valence-electron chi connectivity index (χ2n) is 5.36. The highest BCUT2D eigenvalue weighted by Gasteiger charge is 2.25. The molecular weight excluding hydrogens is 367 g/mol. The van der Waals surface area contributed by atoms with Gasteiger partial charge in [-0.25, -0.2) is 9.86 Å². The van der Waals surface area contributed by atoms with Crippen molar-refractivity contribution in [2.45, 2.75) is 12.8 Å². The molecule has 0 radical (unpaired) electrons. The molecule has 1 aliphatic rings. The maximum Gasteiger partial charge on any atom is 0.274 e. The maximum atomic E-state index is 11.0. The number of halogens is 2. The van der Waals surface area contributed by atoms with Gasteiger partial charge in [0.05, 0.1) is 20.7 Å². The summed E-state index contributed by atoms with van der Waals surface area (Å²) < 4.78 is 24.2. The summed E-state index contributed by atoms with van der Waals surface area (Å²) in [6, 6.07) is 2.52. The molecule has 0 spiro atoms. The molecule has 1 aliphatic heterocycles. The molecule has 1 unspecified atom stereocenters. The smallest absolute Gasteiger partial charge is 0.274 e. The Hall–Kier alpha value is -1.13. The zero-order chi connectivity index (χ0) is 17.2. The van der Waals surface area contributed by atoms with Crippen LogP contribution in [0.1, 0.15) is 12.8 Å². The summed E-state index contributed by atoms with van der Waals surface area (Å²) in [5, 5.41) is 16.2. The van der Waals surface area contributed by atoms with Crippen LogP contribution in [0.2, 0.25) is 10.0 Å². The van der Waals surface area contributed by atoms with Crippen molar-refractivity contribution < 1.29 is 13.3 Å². The van der Waals surface area contributed by atoms with Crippen molar-refractivity contribution in [3.8, 4) is 0 Å². The van der Waals surface area contributed by atoms with Gasteiger partial charge in [0.2, 0.25) is 0 Å². The number of anilines is 1. The third-order valence-corrected chi connectivity index (χ3v) is 4.77. The summed E-state index contributed by atoms with van der Waals surface area (Å²) in [7, 11) is -3.73. The average Bonchev–Trinajstić information content (AvgIpc) is 2.44. The Morgan fingerprint density at radius 2 is 2.00 bits per heavy atom. The highest BCUT2D eigenvalue weighted by Crippen LogP contribution is 2.39. The highest BCUT2D eigenvalue weighted by molar-refractivity contribution is 7.87. The molecule has 1 heterocycles. The van der Waals surface area contributed by atoms with Crippen molar-refractivity contribution in [3.05, 3.63) is 32.3 Å². The minimum Gasteiger partial charge on any atom is -0.369 e. The minimum absolute atomic E-state index is 0.0457. The van der Waals surface area contributed by atoms with Crippen molar-refractivity contribution in [1.82, 2.24) is 4.72 Å². The molecule has 1 aromatic carbocycles. The van der Waals surface area contributed by atoms with Gasteiger partial charge < -0.3 is 4.90 Å².